The number of aldehydes is 1. The zero-order valence-corrected chi connectivity index (χ0v) is 11.6. The third-order valence-electron chi connectivity index (χ3n) is 3.26. The molecule has 1 atom stereocenters. The molecule has 1 aliphatic carbocycles. The molecule has 0 radical (unpaired) electrons. The summed E-state index contributed by atoms with van der Waals surface area (Å²) in [5.74, 6) is 0.532. The molecule has 2 nitrogen and oxygen atoms in total. The summed E-state index contributed by atoms with van der Waals surface area (Å²) in [6, 6.07) is 0. The maximum Gasteiger partial charge on any atom is 0.236 e. The Bertz CT molecular complexity index is 394. The molecule has 0 aliphatic heterocycles. The predicted octanol–water partition coefficient (Wildman–Crippen LogP) is 2.27. The van der Waals surface area contributed by atoms with E-state index in [1.54, 1.807) is 0 Å². The lowest BCUT2D eigenvalue weighted by Crippen LogP contribution is -2.40. The lowest BCUT2D eigenvalue weighted by atomic mass is 9.79. The van der Waals surface area contributed by atoms with Gasteiger partial charge in [-0.1, -0.05) is 50.6 Å². The number of carbonyl (C=O) groups is 1. The average molecular weight is 246 g/mol. The van der Waals surface area contributed by atoms with Gasteiger partial charge in [-0.25, -0.2) is 0 Å². The summed E-state index contributed by atoms with van der Waals surface area (Å²) in [7, 11) is 0. The molecular formula is C16H24NO+. The van der Waals surface area contributed by atoms with E-state index in [1.165, 1.54) is 5.57 Å². The lowest BCUT2D eigenvalue weighted by molar-refractivity contribution is -0.126. The van der Waals surface area contributed by atoms with Crippen LogP contribution >= 0.6 is 0 Å². The van der Waals surface area contributed by atoms with E-state index in [0.717, 1.165) is 25.5 Å². The quantitative estimate of drug-likeness (QED) is 0.600. The first kappa shape index (κ1) is 14.6. The van der Waals surface area contributed by atoms with Crippen LogP contribution in [0, 0.1) is 11.3 Å². The number of hydrogen-bond acceptors (Lipinski definition) is 1. The van der Waals surface area contributed by atoms with Gasteiger partial charge in [0.05, 0.1) is 0 Å². The van der Waals surface area contributed by atoms with E-state index in [1.807, 2.05) is 6.08 Å². The summed E-state index contributed by atoms with van der Waals surface area (Å²) in [5, 5.41) is 5.65. The standard InChI is InChI=1S/C16H23NO/c1-16(2,3)14(11-15(17)12-18)10-13-8-6-4-5-7-9-13/h4-6,8,11-13,17H,7,9-10H2,1-3H3/p+1/b14-11+,17-15?. The number of carbonyl (C=O) groups excluding carboxylic acids is 1. The first-order valence-electron chi connectivity index (χ1n) is 6.55. The highest BCUT2D eigenvalue weighted by Gasteiger charge is 2.21. The Kier molecular flexibility index (Phi) is 5.26. The molecule has 0 bridgehead atoms. The fraction of sp³-hybridized carbons (Fsp3) is 0.500. The molecule has 2 N–H and O–H groups in total. The van der Waals surface area contributed by atoms with Gasteiger partial charge in [0, 0.05) is 6.08 Å². The molecule has 0 heterocycles. The van der Waals surface area contributed by atoms with Crippen LogP contribution in [0.15, 0.2) is 36.0 Å². The Morgan fingerprint density at radius 1 is 1.39 bits per heavy atom. The summed E-state index contributed by atoms with van der Waals surface area (Å²) in [4.78, 5) is 10.7. The SMILES string of the molecule is CC(C)(C)/C(=C/C(=[NH2+])C=O)CC1C=CC=CCC1. The highest BCUT2D eigenvalue weighted by molar-refractivity contribution is 6.30. The molecule has 1 aliphatic rings. The second-order valence-corrected chi connectivity index (χ2v) is 5.89. The van der Waals surface area contributed by atoms with Crippen molar-refractivity contribution in [2.45, 2.75) is 40.0 Å². The maximum absolute atomic E-state index is 10.7. The predicted molar refractivity (Wildman–Crippen MR) is 76.2 cm³/mol. The van der Waals surface area contributed by atoms with Gasteiger partial charge < -0.3 is 0 Å². The molecule has 0 amide bonds. The highest BCUT2D eigenvalue weighted by atomic mass is 16.1. The van der Waals surface area contributed by atoms with Crippen LogP contribution in [0.25, 0.3) is 0 Å². The molecule has 98 valence electrons. The van der Waals surface area contributed by atoms with Crippen LogP contribution in [0.5, 0.6) is 0 Å². The molecular weight excluding hydrogens is 222 g/mol. The second kappa shape index (κ2) is 6.48. The molecule has 1 unspecified atom stereocenters. The molecule has 0 spiro atoms. The third-order valence-corrected chi connectivity index (χ3v) is 3.26. The third kappa shape index (κ3) is 4.82. The van der Waals surface area contributed by atoms with Crippen molar-refractivity contribution in [1.82, 2.24) is 0 Å². The van der Waals surface area contributed by atoms with Gasteiger partial charge >= 0.3 is 0 Å². The molecule has 0 saturated heterocycles. The molecule has 18 heavy (non-hydrogen) atoms. The number of hydrogen-bond donors (Lipinski definition) is 1. The smallest absolute Gasteiger partial charge is 0.236 e. The van der Waals surface area contributed by atoms with E-state index in [0.29, 0.717) is 11.6 Å². The van der Waals surface area contributed by atoms with Crippen LogP contribution < -0.4 is 5.41 Å². The molecule has 0 saturated carbocycles. The summed E-state index contributed by atoms with van der Waals surface area (Å²) in [5.41, 5.74) is 1.60. The van der Waals surface area contributed by atoms with Crippen LogP contribution in [0.4, 0.5) is 0 Å². The number of allylic oxidation sites excluding steroid dienone is 6. The average Bonchev–Trinajstić information content (AvgIpc) is 2.55. The van der Waals surface area contributed by atoms with Crippen molar-refractivity contribution < 1.29 is 10.2 Å². The minimum Gasteiger partial charge on any atom is -0.291 e. The van der Waals surface area contributed by atoms with E-state index in [4.69, 9.17) is 5.41 Å². The first-order valence-corrected chi connectivity index (χ1v) is 6.55. The van der Waals surface area contributed by atoms with Gasteiger partial charge in [0.15, 0.2) is 0 Å². The summed E-state index contributed by atoms with van der Waals surface area (Å²) in [6.07, 6.45) is 14.5. The zero-order valence-electron chi connectivity index (χ0n) is 11.6. The Hall–Kier alpha value is -1.44. The fourth-order valence-corrected chi connectivity index (χ4v) is 2.07. The van der Waals surface area contributed by atoms with Gasteiger partial charge in [-0.2, -0.15) is 0 Å². The Labute approximate surface area is 110 Å². The summed E-state index contributed by atoms with van der Waals surface area (Å²) >= 11 is 0. The van der Waals surface area contributed by atoms with Crippen molar-refractivity contribution in [1.29, 1.82) is 0 Å². The van der Waals surface area contributed by atoms with Gasteiger partial charge in [0.25, 0.3) is 0 Å². The fourth-order valence-electron chi connectivity index (χ4n) is 2.07. The molecule has 0 aromatic carbocycles. The van der Waals surface area contributed by atoms with Gasteiger partial charge in [-0.3, -0.25) is 10.2 Å². The van der Waals surface area contributed by atoms with E-state index in [9.17, 15) is 4.79 Å². The van der Waals surface area contributed by atoms with Gasteiger partial charge in [-0.15, -0.1) is 0 Å². The Balaban J connectivity index is 2.82. The van der Waals surface area contributed by atoms with Gasteiger partial charge in [-0.05, 0) is 30.6 Å². The number of nitrogens with two attached hydrogens (primary N) is 1. The monoisotopic (exact) mass is 246 g/mol. The van der Waals surface area contributed by atoms with Crippen LogP contribution in [0.3, 0.4) is 0 Å². The molecule has 1 rings (SSSR count). The molecule has 0 aromatic rings. The highest BCUT2D eigenvalue weighted by Crippen LogP contribution is 2.32. The minimum atomic E-state index is 0.0429. The number of rotatable bonds is 4. The normalized spacial score (nSPS) is 20.6. The zero-order chi connectivity index (χ0) is 13.6. The maximum atomic E-state index is 10.7. The van der Waals surface area contributed by atoms with E-state index >= 15 is 0 Å². The summed E-state index contributed by atoms with van der Waals surface area (Å²) < 4.78 is 0. The van der Waals surface area contributed by atoms with Crippen molar-refractivity contribution in [3.63, 3.8) is 0 Å². The van der Waals surface area contributed by atoms with Crippen LogP contribution in [0.2, 0.25) is 0 Å². The minimum absolute atomic E-state index is 0.0429. The van der Waals surface area contributed by atoms with Crippen molar-refractivity contribution in [3.05, 3.63) is 36.0 Å². The summed E-state index contributed by atoms with van der Waals surface area (Å²) in [6.45, 7) is 6.49. The van der Waals surface area contributed by atoms with Crippen LogP contribution in [-0.4, -0.2) is 12.0 Å². The van der Waals surface area contributed by atoms with Crippen LogP contribution in [0.1, 0.15) is 40.0 Å². The first-order chi connectivity index (χ1) is 8.43. The lowest BCUT2D eigenvalue weighted by Gasteiger charge is -2.25. The largest absolute Gasteiger partial charge is 0.291 e. The molecule has 0 fully saturated rings. The van der Waals surface area contributed by atoms with Crippen molar-refractivity contribution in [3.8, 4) is 0 Å². The van der Waals surface area contributed by atoms with E-state index < -0.39 is 0 Å². The second-order valence-electron chi connectivity index (χ2n) is 5.89. The van der Waals surface area contributed by atoms with Crippen molar-refractivity contribution >= 4 is 12.0 Å². The van der Waals surface area contributed by atoms with Crippen molar-refractivity contribution in [2.24, 2.45) is 11.3 Å². The topological polar surface area (TPSA) is 42.7 Å². The Morgan fingerprint density at radius 3 is 2.72 bits per heavy atom. The molecule has 2 heteroatoms. The van der Waals surface area contributed by atoms with Crippen LogP contribution in [-0.2, 0) is 4.79 Å². The van der Waals surface area contributed by atoms with E-state index in [2.05, 4.69) is 45.1 Å². The van der Waals surface area contributed by atoms with Gasteiger partial charge in [0.2, 0.25) is 12.0 Å². The van der Waals surface area contributed by atoms with E-state index in [-0.39, 0.29) is 5.41 Å². The molecule has 0 aromatic heterocycles. The Morgan fingerprint density at radius 2 is 2.11 bits per heavy atom. The van der Waals surface area contributed by atoms with Gasteiger partial charge in [0.1, 0.15) is 0 Å². The van der Waals surface area contributed by atoms with Crippen molar-refractivity contribution in [2.75, 3.05) is 0 Å².